The Morgan fingerprint density at radius 2 is 0.978 bits per heavy atom. The van der Waals surface area contributed by atoms with E-state index < -0.39 is 11.8 Å². The number of carbonyl (C=O) groups excluding carboxylic acids is 2. The maximum absolute atomic E-state index is 13.1. The zero-order chi connectivity index (χ0) is 32.8. The summed E-state index contributed by atoms with van der Waals surface area (Å²) in [5.74, 6) is 0.0831. The van der Waals surface area contributed by atoms with Gasteiger partial charge in [0.05, 0.1) is 21.4 Å². The number of amides is 2. The van der Waals surface area contributed by atoms with Crippen molar-refractivity contribution in [1.29, 1.82) is 0 Å². The van der Waals surface area contributed by atoms with Crippen LogP contribution in [0.2, 0.25) is 10.0 Å². The third-order valence-corrected chi connectivity index (χ3v) is 8.58. The first-order valence-electron chi connectivity index (χ1n) is 14.9. The first-order valence-corrected chi connectivity index (χ1v) is 15.7. The SMILES string of the molecule is CC(Cc1ccc(NC(=O)c2cccc(C(=O)Nc3ccc(CC(C)c4ccc(O)cc4)cc3Cl)c2)c(Cl)c1)c1ccc(O)cc1. The fraction of sp³-hybridized carbons (Fsp3) is 0.158. The molecule has 0 saturated heterocycles. The molecule has 0 aliphatic rings. The third kappa shape index (κ3) is 8.27. The first-order chi connectivity index (χ1) is 22.0. The molecule has 0 radical (unpaired) electrons. The second-order valence-electron chi connectivity index (χ2n) is 11.5. The van der Waals surface area contributed by atoms with Crippen molar-refractivity contribution in [3.05, 3.63) is 153 Å². The molecule has 6 nitrogen and oxygen atoms in total. The fourth-order valence-corrected chi connectivity index (χ4v) is 5.81. The number of rotatable bonds is 10. The average molecular weight is 654 g/mol. The third-order valence-electron chi connectivity index (χ3n) is 7.96. The molecule has 4 N–H and O–H groups in total. The summed E-state index contributed by atoms with van der Waals surface area (Å²) in [6.07, 6.45) is 1.48. The molecule has 2 amide bonds. The largest absolute Gasteiger partial charge is 0.508 e. The number of phenols is 2. The normalized spacial score (nSPS) is 12.3. The Balaban J connectivity index is 1.20. The van der Waals surface area contributed by atoms with Crippen molar-refractivity contribution in [1.82, 2.24) is 0 Å². The highest BCUT2D eigenvalue weighted by molar-refractivity contribution is 6.34. The van der Waals surface area contributed by atoms with Gasteiger partial charge in [0, 0.05) is 11.1 Å². The molecule has 2 atom stereocenters. The lowest BCUT2D eigenvalue weighted by Crippen LogP contribution is -2.16. The highest BCUT2D eigenvalue weighted by Gasteiger charge is 2.16. The number of halogens is 2. The molecule has 46 heavy (non-hydrogen) atoms. The van der Waals surface area contributed by atoms with Gasteiger partial charge in [0.2, 0.25) is 0 Å². The van der Waals surface area contributed by atoms with Crippen LogP contribution in [0.5, 0.6) is 11.5 Å². The molecule has 0 saturated carbocycles. The number of hydrogen-bond acceptors (Lipinski definition) is 4. The number of hydrogen-bond donors (Lipinski definition) is 4. The standard InChI is InChI=1S/C38H34Cl2N2O4/c1-23(27-8-12-31(43)13-9-27)18-25-6-16-35(33(39)20-25)41-37(45)29-4-3-5-30(22-29)38(46)42-36-17-7-26(21-34(36)40)19-24(2)28-10-14-32(44)15-11-28/h3-17,20-24,43-44H,18-19H2,1-2H3,(H,41,45)(H,42,46). The Kier molecular flexibility index (Phi) is 10.3. The van der Waals surface area contributed by atoms with Crippen LogP contribution in [0.4, 0.5) is 11.4 Å². The Morgan fingerprint density at radius 1 is 0.587 bits per heavy atom. The molecule has 0 heterocycles. The van der Waals surface area contributed by atoms with E-state index in [1.807, 2.05) is 48.5 Å². The summed E-state index contributed by atoms with van der Waals surface area (Å²) in [6, 6.07) is 31.8. The molecular formula is C38H34Cl2N2O4. The van der Waals surface area contributed by atoms with E-state index in [1.165, 1.54) is 6.07 Å². The zero-order valence-corrected chi connectivity index (χ0v) is 26.9. The molecule has 2 unspecified atom stereocenters. The molecule has 0 aliphatic heterocycles. The van der Waals surface area contributed by atoms with Crippen LogP contribution in [-0.4, -0.2) is 22.0 Å². The van der Waals surface area contributed by atoms with Crippen molar-refractivity contribution < 1.29 is 19.8 Å². The second-order valence-corrected chi connectivity index (χ2v) is 12.3. The summed E-state index contributed by atoms with van der Waals surface area (Å²) >= 11 is 13.1. The van der Waals surface area contributed by atoms with Gasteiger partial charge in [0.1, 0.15) is 11.5 Å². The lowest BCUT2D eigenvalue weighted by Gasteiger charge is -2.14. The average Bonchev–Trinajstić information content (AvgIpc) is 3.04. The van der Waals surface area contributed by atoms with Gasteiger partial charge in [-0.25, -0.2) is 0 Å². The van der Waals surface area contributed by atoms with Gasteiger partial charge >= 0.3 is 0 Å². The van der Waals surface area contributed by atoms with E-state index in [0.717, 1.165) is 35.1 Å². The summed E-state index contributed by atoms with van der Waals surface area (Å²) in [5.41, 5.74) is 5.78. The minimum absolute atomic E-state index is 0.207. The molecule has 0 fully saturated rings. The number of anilines is 2. The van der Waals surface area contributed by atoms with Gasteiger partial charge in [-0.2, -0.15) is 0 Å². The molecule has 0 aliphatic carbocycles. The van der Waals surface area contributed by atoms with Crippen LogP contribution in [0.1, 0.15) is 68.7 Å². The summed E-state index contributed by atoms with van der Waals surface area (Å²) in [7, 11) is 0. The molecule has 8 heteroatoms. The maximum Gasteiger partial charge on any atom is 0.255 e. The van der Waals surface area contributed by atoms with E-state index in [4.69, 9.17) is 23.2 Å². The van der Waals surface area contributed by atoms with Crippen LogP contribution < -0.4 is 10.6 Å². The Labute approximate surface area is 278 Å². The van der Waals surface area contributed by atoms with Crippen molar-refractivity contribution in [3.8, 4) is 11.5 Å². The van der Waals surface area contributed by atoms with Crippen molar-refractivity contribution >= 4 is 46.4 Å². The van der Waals surface area contributed by atoms with E-state index in [0.29, 0.717) is 32.5 Å². The minimum Gasteiger partial charge on any atom is -0.508 e. The molecular weight excluding hydrogens is 619 g/mol. The number of aromatic hydroxyl groups is 2. The predicted octanol–water partition coefficient (Wildman–Crippen LogP) is 9.60. The van der Waals surface area contributed by atoms with Crippen molar-refractivity contribution in [3.63, 3.8) is 0 Å². The molecule has 5 aromatic rings. The Hall–Kier alpha value is -4.78. The van der Waals surface area contributed by atoms with Crippen LogP contribution in [0.3, 0.4) is 0 Å². The molecule has 0 bridgehead atoms. The van der Waals surface area contributed by atoms with Gasteiger partial charge in [-0.05, 0) is 114 Å². The highest BCUT2D eigenvalue weighted by atomic mass is 35.5. The molecule has 234 valence electrons. The van der Waals surface area contributed by atoms with E-state index in [1.54, 1.807) is 54.6 Å². The lowest BCUT2D eigenvalue weighted by atomic mass is 9.93. The summed E-state index contributed by atoms with van der Waals surface area (Å²) in [6.45, 7) is 4.20. The van der Waals surface area contributed by atoms with Crippen molar-refractivity contribution in [2.24, 2.45) is 0 Å². The molecule has 5 aromatic carbocycles. The number of nitrogens with one attached hydrogen (secondary N) is 2. The van der Waals surface area contributed by atoms with E-state index >= 15 is 0 Å². The van der Waals surface area contributed by atoms with Crippen LogP contribution in [0.25, 0.3) is 0 Å². The van der Waals surface area contributed by atoms with Crippen LogP contribution in [0.15, 0.2) is 109 Å². The number of carbonyl (C=O) groups is 2. The van der Waals surface area contributed by atoms with Gasteiger partial charge in [-0.15, -0.1) is 0 Å². The summed E-state index contributed by atoms with van der Waals surface area (Å²) in [5, 5.41) is 25.6. The number of benzene rings is 5. The van der Waals surface area contributed by atoms with Crippen LogP contribution in [0, 0.1) is 0 Å². The first kappa shape index (κ1) is 32.6. The van der Waals surface area contributed by atoms with Gasteiger partial charge in [0.15, 0.2) is 0 Å². The molecule has 5 rings (SSSR count). The van der Waals surface area contributed by atoms with Gasteiger partial charge in [-0.3, -0.25) is 9.59 Å². The predicted molar refractivity (Wildman–Crippen MR) is 186 cm³/mol. The molecule has 0 aromatic heterocycles. The smallest absolute Gasteiger partial charge is 0.255 e. The zero-order valence-electron chi connectivity index (χ0n) is 25.4. The topological polar surface area (TPSA) is 98.7 Å². The summed E-state index contributed by atoms with van der Waals surface area (Å²) < 4.78 is 0. The Morgan fingerprint density at radius 3 is 1.35 bits per heavy atom. The van der Waals surface area contributed by atoms with Crippen molar-refractivity contribution in [2.45, 2.75) is 38.5 Å². The van der Waals surface area contributed by atoms with Crippen LogP contribution in [-0.2, 0) is 12.8 Å². The number of phenolic OH excluding ortho intramolecular Hbond substituents is 2. The van der Waals surface area contributed by atoms with Crippen LogP contribution >= 0.6 is 23.2 Å². The quantitative estimate of drug-likeness (QED) is 0.121. The monoisotopic (exact) mass is 652 g/mol. The van der Waals surface area contributed by atoms with Gasteiger partial charge < -0.3 is 20.8 Å². The van der Waals surface area contributed by atoms with Gasteiger partial charge in [-0.1, -0.05) is 79.5 Å². The van der Waals surface area contributed by atoms with E-state index in [9.17, 15) is 19.8 Å². The summed E-state index contributed by atoms with van der Waals surface area (Å²) in [4.78, 5) is 26.2. The second kappa shape index (κ2) is 14.5. The van der Waals surface area contributed by atoms with E-state index in [2.05, 4.69) is 24.5 Å². The minimum atomic E-state index is -0.396. The van der Waals surface area contributed by atoms with Crippen molar-refractivity contribution in [2.75, 3.05) is 10.6 Å². The highest BCUT2D eigenvalue weighted by Crippen LogP contribution is 2.30. The maximum atomic E-state index is 13.1. The Bertz CT molecular complexity index is 1720. The van der Waals surface area contributed by atoms with Gasteiger partial charge in [0.25, 0.3) is 11.8 Å². The fourth-order valence-electron chi connectivity index (χ4n) is 5.31. The lowest BCUT2D eigenvalue weighted by molar-refractivity contribution is 0.102. The molecule has 0 spiro atoms. The van der Waals surface area contributed by atoms with E-state index in [-0.39, 0.29) is 23.3 Å².